The van der Waals surface area contributed by atoms with E-state index in [0.717, 1.165) is 41.0 Å². The molecule has 1 aliphatic rings. The number of aryl methyl sites for hydroxylation is 2. The zero-order valence-corrected chi connectivity index (χ0v) is 11.1. The number of aliphatic hydroxyl groups is 1. The molecular formula is C13H19NO2S. The maximum absolute atomic E-state index is 12.1. The second-order valence-corrected chi connectivity index (χ2v) is 6.22. The molecule has 3 nitrogen and oxygen atoms in total. The molecule has 2 rings (SSSR count). The summed E-state index contributed by atoms with van der Waals surface area (Å²) in [5.74, 6) is -0.0437. The van der Waals surface area contributed by atoms with Gasteiger partial charge in [0.05, 0.1) is 17.7 Å². The van der Waals surface area contributed by atoms with Gasteiger partial charge in [-0.15, -0.1) is 11.3 Å². The van der Waals surface area contributed by atoms with E-state index in [1.165, 1.54) is 0 Å². The van der Waals surface area contributed by atoms with Crippen molar-refractivity contribution in [3.8, 4) is 0 Å². The molecule has 1 fully saturated rings. The summed E-state index contributed by atoms with van der Waals surface area (Å²) in [7, 11) is 0. The monoisotopic (exact) mass is 253 g/mol. The summed E-state index contributed by atoms with van der Waals surface area (Å²) >= 11 is 1.64. The summed E-state index contributed by atoms with van der Waals surface area (Å²) in [5.41, 5.74) is 0.755. The van der Waals surface area contributed by atoms with Crippen molar-refractivity contribution in [2.24, 2.45) is 0 Å². The maximum atomic E-state index is 12.1. The quantitative estimate of drug-likeness (QED) is 0.850. The van der Waals surface area contributed by atoms with Gasteiger partial charge < -0.3 is 10.4 Å². The number of amides is 1. The first-order chi connectivity index (χ1) is 8.08. The van der Waals surface area contributed by atoms with Crippen molar-refractivity contribution in [1.82, 2.24) is 5.32 Å². The molecule has 0 unspecified atom stereocenters. The van der Waals surface area contributed by atoms with E-state index in [1.54, 1.807) is 11.3 Å². The van der Waals surface area contributed by atoms with Gasteiger partial charge in [-0.2, -0.15) is 0 Å². The van der Waals surface area contributed by atoms with E-state index >= 15 is 0 Å². The molecule has 0 aromatic carbocycles. The topological polar surface area (TPSA) is 49.3 Å². The Morgan fingerprint density at radius 1 is 1.41 bits per heavy atom. The molecule has 0 bridgehead atoms. The maximum Gasteiger partial charge on any atom is 0.252 e. The van der Waals surface area contributed by atoms with Crippen LogP contribution < -0.4 is 5.32 Å². The first-order valence-electron chi connectivity index (χ1n) is 6.14. The molecule has 1 amide bonds. The van der Waals surface area contributed by atoms with E-state index in [9.17, 15) is 9.90 Å². The zero-order valence-electron chi connectivity index (χ0n) is 10.3. The summed E-state index contributed by atoms with van der Waals surface area (Å²) in [6.45, 7) is 3.97. The summed E-state index contributed by atoms with van der Waals surface area (Å²) in [5, 5.41) is 12.8. The molecule has 1 aromatic heterocycles. The van der Waals surface area contributed by atoms with Crippen LogP contribution in [0.15, 0.2) is 6.07 Å². The van der Waals surface area contributed by atoms with Gasteiger partial charge in [0.15, 0.2) is 0 Å². The number of carbonyl (C=O) groups is 1. The number of hydrogen-bond donors (Lipinski definition) is 2. The van der Waals surface area contributed by atoms with Gasteiger partial charge in [-0.3, -0.25) is 4.79 Å². The predicted molar refractivity (Wildman–Crippen MR) is 69.5 cm³/mol. The Kier molecular flexibility index (Phi) is 3.84. The fraction of sp³-hybridized carbons (Fsp3) is 0.615. The van der Waals surface area contributed by atoms with Crippen molar-refractivity contribution in [3.63, 3.8) is 0 Å². The van der Waals surface area contributed by atoms with Crippen molar-refractivity contribution >= 4 is 17.2 Å². The number of carbonyl (C=O) groups excluding carboxylic acids is 1. The third-order valence-electron chi connectivity index (χ3n) is 3.33. The minimum Gasteiger partial charge on any atom is -0.391 e. The summed E-state index contributed by atoms with van der Waals surface area (Å²) in [6.07, 6.45) is 3.45. The van der Waals surface area contributed by atoms with Crippen LogP contribution >= 0.6 is 11.3 Å². The molecule has 4 heteroatoms. The van der Waals surface area contributed by atoms with Crippen LogP contribution in [0.2, 0.25) is 0 Å². The zero-order chi connectivity index (χ0) is 12.4. The van der Waals surface area contributed by atoms with E-state index in [0.29, 0.717) is 0 Å². The van der Waals surface area contributed by atoms with Gasteiger partial charge >= 0.3 is 0 Å². The van der Waals surface area contributed by atoms with E-state index < -0.39 is 0 Å². The van der Waals surface area contributed by atoms with Crippen molar-refractivity contribution < 1.29 is 9.90 Å². The third kappa shape index (κ3) is 2.87. The third-order valence-corrected chi connectivity index (χ3v) is 4.30. The van der Waals surface area contributed by atoms with Gasteiger partial charge in [0.2, 0.25) is 0 Å². The first-order valence-corrected chi connectivity index (χ1v) is 6.95. The average Bonchev–Trinajstić information content (AvgIpc) is 2.61. The van der Waals surface area contributed by atoms with Gasteiger partial charge in [0.1, 0.15) is 0 Å². The molecule has 94 valence electrons. The highest BCUT2D eigenvalue weighted by Crippen LogP contribution is 2.22. The smallest absolute Gasteiger partial charge is 0.252 e. The summed E-state index contributed by atoms with van der Waals surface area (Å²) in [4.78, 5) is 14.3. The van der Waals surface area contributed by atoms with Gasteiger partial charge in [-0.05, 0) is 32.8 Å². The summed E-state index contributed by atoms with van der Waals surface area (Å²) in [6, 6.07) is 1.85. The van der Waals surface area contributed by atoms with Gasteiger partial charge in [-0.25, -0.2) is 0 Å². The lowest BCUT2D eigenvalue weighted by Gasteiger charge is -2.28. The van der Waals surface area contributed by atoms with Gasteiger partial charge in [0.25, 0.3) is 5.91 Å². The lowest BCUT2D eigenvalue weighted by atomic mass is 9.92. The second-order valence-electron chi connectivity index (χ2n) is 4.76. The van der Waals surface area contributed by atoms with Crippen molar-refractivity contribution in [1.29, 1.82) is 0 Å². The lowest BCUT2D eigenvalue weighted by molar-refractivity contribution is 0.0717. The van der Waals surface area contributed by atoms with Crippen molar-refractivity contribution in [3.05, 3.63) is 21.4 Å². The average molecular weight is 253 g/mol. The fourth-order valence-electron chi connectivity index (χ4n) is 2.38. The van der Waals surface area contributed by atoms with Gasteiger partial charge in [0, 0.05) is 9.75 Å². The predicted octanol–water partition coefficient (Wildman–Crippen LogP) is 2.40. The van der Waals surface area contributed by atoms with Crippen LogP contribution in [0.5, 0.6) is 0 Å². The van der Waals surface area contributed by atoms with E-state index in [4.69, 9.17) is 0 Å². The Morgan fingerprint density at radius 3 is 2.71 bits per heavy atom. The second kappa shape index (κ2) is 5.19. The molecule has 17 heavy (non-hydrogen) atoms. The number of thiophene rings is 1. The molecule has 1 saturated carbocycles. The van der Waals surface area contributed by atoms with Crippen LogP contribution in [0.3, 0.4) is 0 Å². The molecular weight excluding hydrogens is 234 g/mol. The highest BCUT2D eigenvalue weighted by molar-refractivity contribution is 7.12. The van der Waals surface area contributed by atoms with Crippen LogP contribution in [-0.2, 0) is 0 Å². The highest BCUT2D eigenvalue weighted by atomic mass is 32.1. The van der Waals surface area contributed by atoms with Crippen molar-refractivity contribution in [2.75, 3.05) is 0 Å². The standard InChI is InChI=1S/C13H19NO2S/c1-8-7-10(9(2)17-8)13(16)14-11-5-3-4-6-12(11)15/h7,11-12,15H,3-6H2,1-2H3,(H,14,16)/t11-,12-/m0/s1. The van der Waals surface area contributed by atoms with E-state index in [1.807, 2.05) is 19.9 Å². The number of rotatable bonds is 2. The number of hydrogen-bond acceptors (Lipinski definition) is 3. The Morgan fingerprint density at radius 2 is 2.12 bits per heavy atom. The van der Waals surface area contributed by atoms with Crippen LogP contribution in [0.25, 0.3) is 0 Å². The molecule has 2 atom stereocenters. The van der Waals surface area contributed by atoms with Crippen molar-refractivity contribution in [2.45, 2.75) is 51.7 Å². The van der Waals surface area contributed by atoms with Crippen LogP contribution in [0.1, 0.15) is 45.8 Å². The molecule has 0 spiro atoms. The van der Waals surface area contributed by atoms with E-state index in [2.05, 4.69) is 5.32 Å². The Labute approximate surface area is 106 Å². The number of nitrogens with one attached hydrogen (secondary N) is 1. The fourth-order valence-corrected chi connectivity index (χ4v) is 3.30. The minimum atomic E-state index is -0.382. The molecule has 1 heterocycles. The van der Waals surface area contributed by atoms with Crippen LogP contribution in [0, 0.1) is 13.8 Å². The normalized spacial score (nSPS) is 24.6. The molecule has 0 saturated heterocycles. The SMILES string of the molecule is Cc1cc(C(=O)N[C@H]2CCCC[C@@H]2O)c(C)s1. The summed E-state index contributed by atoms with van der Waals surface area (Å²) < 4.78 is 0. The molecule has 2 N–H and O–H groups in total. The molecule has 1 aliphatic carbocycles. The molecule has 0 radical (unpaired) electrons. The van der Waals surface area contributed by atoms with E-state index in [-0.39, 0.29) is 18.1 Å². The van der Waals surface area contributed by atoms with Gasteiger partial charge in [-0.1, -0.05) is 12.8 Å². The van der Waals surface area contributed by atoms with Crippen LogP contribution in [0.4, 0.5) is 0 Å². The Balaban J connectivity index is 2.03. The first kappa shape index (κ1) is 12.6. The lowest BCUT2D eigenvalue weighted by Crippen LogP contribution is -2.45. The van der Waals surface area contributed by atoms with Crippen LogP contribution in [-0.4, -0.2) is 23.2 Å². The minimum absolute atomic E-state index is 0.0437. The number of aliphatic hydroxyl groups excluding tert-OH is 1. The Bertz CT molecular complexity index is 414. The largest absolute Gasteiger partial charge is 0.391 e. The molecule has 1 aromatic rings. The molecule has 0 aliphatic heterocycles. The Hall–Kier alpha value is -0.870. The highest BCUT2D eigenvalue weighted by Gasteiger charge is 2.25.